The number of rotatable bonds is 4. The van der Waals surface area contributed by atoms with E-state index in [0.29, 0.717) is 18.3 Å². The van der Waals surface area contributed by atoms with Gasteiger partial charge >= 0.3 is 0 Å². The molecule has 130 valence electrons. The van der Waals surface area contributed by atoms with Crippen molar-refractivity contribution in [1.82, 2.24) is 25.2 Å². The minimum Gasteiger partial charge on any atom is -0.336 e. The van der Waals surface area contributed by atoms with Gasteiger partial charge in [-0.3, -0.25) is 4.79 Å². The Hall–Kier alpha value is -1.44. The number of hydrogen-bond acceptors (Lipinski definition) is 4. The summed E-state index contributed by atoms with van der Waals surface area (Å²) in [4.78, 5) is 14.2. The molecule has 2 aromatic rings. The van der Waals surface area contributed by atoms with Gasteiger partial charge in [0.2, 0.25) is 0 Å². The second-order valence-electron chi connectivity index (χ2n) is 5.86. The van der Waals surface area contributed by atoms with Crippen molar-refractivity contribution in [3.05, 3.63) is 46.2 Å². The van der Waals surface area contributed by atoms with Crippen LogP contribution in [0, 0.1) is 0 Å². The largest absolute Gasteiger partial charge is 0.336 e. The highest BCUT2D eigenvalue weighted by Crippen LogP contribution is 2.18. The molecule has 0 spiro atoms. The van der Waals surface area contributed by atoms with E-state index in [1.807, 2.05) is 28.9 Å². The average Bonchev–Trinajstić information content (AvgIpc) is 3.05. The molecule has 0 atom stereocenters. The molecule has 2 heterocycles. The van der Waals surface area contributed by atoms with Gasteiger partial charge < -0.3 is 10.2 Å². The van der Waals surface area contributed by atoms with Crippen LogP contribution >= 0.6 is 28.3 Å². The Bertz CT molecular complexity index is 687. The molecule has 6 nitrogen and oxygen atoms in total. The van der Waals surface area contributed by atoms with Crippen molar-refractivity contribution in [2.75, 3.05) is 20.1 Å². The van der Waals surface area contributed by atoms with Gasteiger partial charge in [0.1, 0.15) is 0 Å². The van der Waals surface area contributed by atoms with E-state index in [-0.39, 0.29) is 18.3 Å². The first-order valence-corrected chi connectivity index (χ1v) is 8.55. The Morgan fingerprint density at radius 1 is 1.42 bits per heavy atom. The second-order valence-corrected chi connectivity index (χ2v) is 6.77. The van der Waals surface area contributed by atoms with E-state index >= 15 is 0 Å². The maximum atomic E-state index is 12.5. The fraction of sp³-hybridized carbons (Fsp3) is 0.438. The highest BCUT2D eigenvalue weighted by Gasteiger charge is 2.20. The summed E-state index contributed by atoms with van der Waals surface area (Å²) in [5.74, 6) is -0.106. The average molecular weight is 415 g/mol. The maximum Gasteiger partial charge on any atom is 0.276 e. The van der Waals surface area contributed by atoms with E-state index in [0.717, 1.165) is 36.0 Å². The first-order chi connectivity index (χ1) is 11.1. The standard InChI is InChI=1S/C16H20BrN5O.ClH/c1-21(10-12-3-2-4-13(17)9-12)16(23)15-11-22(20-19-15)14-5-7-18-8-6-14;/h2-4,9,11,14,18H,5-8,10H2,1H3;1H. The zero-order chi connectivity index (χ0) is 16.2. The summed E-state index contributed by atoms with van der Waals surface area (Å²) in [6.07, 6.45) is 3.81. The fourth-order valence-corrected chi connectivity index (χ4v) is 3.25. The molecule has 1 N–H and O–H groups in total. The molecule has 1 aromatic carbocycles. The fourth-order valence-electron chi connectivity index (χ4n) is 2.80. The van der Waals surface area contributed by atoms with Gasteiger partial charge in [-0.25, -0.2) is 4.68 Å². The van der Waals surface area contributed by atoms with Crippen molar-refractivity contribution in [1.29, 1.82) is 0 Å². The Morgan fingerprint density at radius 3 is 2.88 bits per heavy atom. The van der Waals surface area contributed by atoms with Crippen LogP contribution in [0.15, 0.2) is 34.9 Å². The highest BCUT2D eigenvalue weighted by molar-refractivity contribution is 9.10. The van der Waals surface area contributed by atoms with Crippen LogP contribution in [0.3, 0.4) is 0 Å². The van der Waals surface area contributed by atoms with Gasteiger partial charge in [0.05, 0.1) is 12.2 Å². The van der Waals surface area contributed by atoms with Crippen LogP contribution in [0.5, 0.6) is 0 Å². The van der Waals surface area contributed by atoms with E-state index < -0.39 is 0 Å². The Balaban J connectivity index is 0.00000208. The molecule has 8 heteroatoms. The molecule has 1 aliphatic heterocycles. The van der Waals surface area contributed by atoms with Crippen LogP contribution in [-0.2, 0) is 6.54 Å². The third-order valence-corrected chi connectivity index (χ3v) is 4.56. The molecule has 3 rings (SSSR count). The molecule has 0 bridgehead atoms. The molecular weight excluding hydrogens is 394 g/mol. The molecule has 1 saturated heterocycles. The second kappa shape index (κ2) is 8.60. The number of nitrogens with one attached hydrogen (secondary N) is 1. The summed E-state index contributed by atoms with van der Waals surface area (Å²) in [6, 6.07) is 8.28. The zero-order valence-electron chi connectivity index (χ0n) is 13.5. The Kier molecular flexibility index (Phi) is 6.77. The Labute approximate surface area is 156 Å². The first-order valence-electron chi connectivity index (χ1n) is 7.76. The smallest absolute Gasteiger partial charge is 0.276 e. The van der Waals surface area contributed by atoms with Crippen LogP contribution in [0.25, 0.3) is 0 Å². The molecule has 0 radical (unpaired) electrons. The zero-order valence-corrected chi connectivity index (χ0v) is 15.9. The molecular formula is C16H21BrClN5O. The molecule has 0 saturated carbocycles. The van der Waals surface area contributed by atoms with Crippen LogP contribution in [0.1, 0.15) is 34.9 Å². The Morgan fingerprint density at radius 2 is 2.17 bits per heavy atom. The van der Waals surface area contributed by atoms with E-state index in [4.69, 9.17) is 0 Å². The number of carbonyl (C=O) groups excluding carboxylic acids is 1. The number of carbonyl (C=O) groups is 1. The molecule has 1 aliphatic rings. The van der Waals surface area contributed by atoms with Crippen LogP contribution in [0.4, 0.5) is 0 Å². The number of nitrogens with zero attached hydrogens (tertiary/aromatic N) is 4. The van der Waals surface area contributed by atoms with Crippen molar-refractivity contribution in [3.63, 3.8) is 0 Å². The van der Waals surface area contributed by atoms with Crippen LogP contribution in [-0.4, -0.2) is 45.9 Å². The molecule has 1 aromatic heterocycles. The quantitative estimate of drug-likeness (QED) is 0.835. The molecule has 0 unspecified atom stereocenters. The minimum atomic E-state index is -0.106. The monoisotopic (exact) mass is 413 g/mol. The summed E-state index contributed by atoms with van der Waals surface area (Å²) in [7, 11) is 1.78. The van der Waals surface area contributed by atoms with Crippen molar-refractivity contribution >= 4 is 34.2 Å². The topological polar surface area (TPSA) is 63.1 Å². The van der Waals surface area contributed by atoms with Crippen molar-refractivity contribution < 1.29 is 4.79 Å². The van der Waals surface area contributed by atoms with Gasteiger partial charge in [-0.1, -0.05) is 33.3 Å². The van der Waals surface area contributed by atoms with Crippen LogP contribution < -0.4 is 5.32 Å². The summed E-state index contributed by atoms with van der Waals surface area (Å²) in [5, 5.41) is 11.5. The normalized spacial score (nSPS) is 14.9. The van der Waals surface area contributed by atoms with Gasteiger partial charge in [0, 0.05) is 18.1 Å². The molecule has 0 aliphatic carbocycles. The molecule has 1 amide bonds. The summed E-state index contributed by atoms with van der Waals surface area (Å²) in [6.45, 7) is 2.51. The lowest BCUT2D eigenvalue weighted by molar-refractivity contribution is 0.0779. The number of halogens is 2. The lowest BCUT2D eigenvalue weighted by Crippen LogP contribution is -2.29. The van der Waals surface area contributed by atoms with Gasteiger partial charge in [0.15, 0.2) is 5.69 Å². The third-order valence-electron chi connectivity index (χ3n) is 4.07. The number of aromatic nitrogens is 3. The summed E-state index contributed by atoms with van der Waals surface area (Å²) < 4.78 is 2.84. The van der Waals surface area contributed by atoms with E-state index in [1.165, 1.54) is 0 Å². The van der Waals surface area contributed by atoms with Gasteiger partial charge in [-0.2, -0.15) is 0 Å². The van der Waals surface area contributed by atoms with E-state index in [9.17, 15) is 4.79 Å². The van der Waals surface area contributed by atoms with Crippen LogP contribution in [0.2, 0.25) is 0 Å². The number of benzene rings is 1. The van der Waals surface area contributed by atoms with Gasteiger partial charge in [-0.15, -0.1) is 17.5 Å². The summed E-state index contributed by atoms with van der Waals surface area (Å²) in [5.41, 5.74) is 1.47. The molecule has 1 fully saturated rings. The highest BCUT2D eigenvalue weighted by atomic mass is 79.9. The summed E-state index contributed by atoms with van der Waals surface area (Å²) >= 11 is 3.45. The lowest BCUT2D eigenvalue weighted by Gasteiger charge is -2.22. The van der Waals surface area contributed by atoms with Crippen molar-refractivity contribution in [2.24, 2.45) is 0 Å². The van der Waals surface area contributed by atoms with E-state index in [2.05, 4.69) is 31.6 Å². The van der Waals surface area contributed by atoms with Crippen molar-refractivity contribution in [3.8, 4) is 0 Å². The van der Waals surface area contributed by atoms with E-state index in [1.54, 1.807) is 18.1 Å². The minimum absolute atomic E-state index is 0. The maximum absolute atomic E-state index is 12.5. The lowest BCUT2D eigenvalue weighted by atomic mass is 10.1. The number of hydrogen-bond donors (Lipinski definition) is 1. The predicted octanol–water partition coefficient (Wildman–Crippen LogP) is 2.66. The number of piperidine rings is 1. The number of amides is 1. The van der Waals surface area contributed by atoms with Gasteiger partial charge in [-0.05, 0) is 43.6 Å². The first kappa shape index (κ1) is 18.9. The van der Waals surface area contributed by atoms with Gasteiger partial charge in [0.25, 0.3) is 5.91 Å². The third kappa shape index (κ3) is 4.55. The SMILES string of the molecule is CN(Cc1cccc(Br)c1)C(=O)c1cn(C2CCNCC2)nn1.Cl. The predicted molar refractivity (Wildman–Crippen MR) is 98.4 cm³/mol. The molecule has 24 heavy (non-hydrogen) atoms. The van der Waals surface area contributed by atoms with Crippen molar-refractivity contribution in [2.45, 2.75) is 25.4 Å².